The summed E-state index contributed by atoms with van der Waals surface area (Å²) in [6, 6.07) is 32.3. The first-order valence-electron chi connectivity index (χ1n) is 10.4. The molecule has 0 aliphatic carbocycles. The molecule has 4 aromatic carbocycles. The average molecular weight is 500 g/mol. The number of hydrogen-bond donors (Lipinski definition) is 1. The van der Waals surface area contributed by atoms with Gasteiger partial charge in [0.1, 0.15) is 0 Å². The molecule has 11 nitrogen and oxygen atoms in total. The number of nitro groups is 2. The van der Waals surface area contributed by atoms with Crippen molar-refractivity contribution >= 4 is 40.0 Å². The molecule has 4 aromatic rings. The van der Waals surface area contributed by atoms with Gasteiger partial charge < -0.3 is 11.1 Å². The Hall–Kier alpha value is -4.89. The topological polar surface area (TPSA) is 170 Å². The second-order valence-electron chi connectivity index (χ2n) is 7.11. The highest BCUT2D eigenvalue weighted by Crippen LogP contribution is 2.47. The predicted molar refractivity (Wildman–Crippen MR) is 138 cm³/mol. The molecule has 0 heterocycles. The first kappa shape index (κ1) is 25.7. The summed E-state index contributed by atoms with van der Waals surface area (Å²) < 4.78 is 0. The summed E-state index contributed by atoms with van der Waals surface area (Å²) in [6.45, 7) is 0. The van der Waals surface area contributed by atoms with Gasteiger partial charge in [-0.1, -0.05) is 91.0 Å². The van der Waals surface area contributed by atoms with Gasteiger partial charge in [0.2, 0.25) is 0 Å². The van der Waals surface area contributed by atoms with Gasteiger partial charge in [0.15, 0.2) is 5.69 Å². The van der Waals surface area contributed by atoms with E-state index in [9.17, 15) is 20.2 Å². The maximum atomic E-state index is 11.5. The minimum absolute atomic E-state index is 0.119. The van der Waals surface area contributed by atoms with Crippen LogP contribution in [0.15, 0.2) is 124 Å². The Morgan fingerprint density at radius 2 is 1.11 bits per heavy atom. The molecule has 0 fully saturated rings. The van der Waals surface area contributed by atoms with Crippen molar-refractivity contribution in [3.05, 3.63) is 135 Å². The smallest absolute Gasteiger partial charge is 0.303 e. The van der Waals surface area contributed by atoms with Gasteiger partial charge in [-0.2, -0.15) is 0 Å². The van der Waals surface area contributed by atoms with Crippen molar-refractivity contribution in [3.8, 4) is 0 Å². The van der Waals surface area contributed by atoms with Gasteiger partial charge in [0, 0.05) is 22.0 Å². The second-order valence-corrected chi connectivity index (χ2v) is 10.1. The van der Waals surface area contributed by atoms with Gasteiger partial charge in [-0.05, 0) is 11.3 Å². The summed E-state index contributed by atoms with van der Waals surface area (Å²) in [5.74, 6) is 0. The maximum absolute atomic E-state index is 11.5. The Morgan fingerprint density at radius 3 is 1.50 bits per heavy atom. The molecule has 0 amide bonds. The van der Waals surface area contributed by atoms with Gasteiger partial charge in [-0.25, -0.2) is 0 Å². The number of benzene rings is 4. The van der Waals surface area contributed by atoms with Gasteiger partial charge in [0.25, 0.3) is 5.69 Å². The van der Waals surface area contributed by atoms with Crippen LogP contribution in [0.25, 0.3) is 5.53 Å². The Bertz CT molecular complexity index is 1330. The first-order chi connectivity index (χ1) is 17.5. The zero-order valence-electron chi connectivity index (χ0n) is 18.7. The van der Waals surface area contributed by atoms with Crippen LogP contribution >= 0.6 is 7.05 Å². The molecule has 36 heavy (non-hydrogen) atoms. The lowest BCUT2D eigenvalue weighted by atomic mass is 10.2. The van der Waals surface area contributed by atoms with E-state index in [4.69, 9.17) is 15.9 Å². The molecule has 0 aliphatic rings. The molecular weight excluding hydrogens is 481 g/mol. The van der Waals surface area contributed by atoms with E-state index in [1.54, 1.807) is 0 Å². The summed E-state index contributed by atoms with van der Waals surface area (Å²) in [4.78, 5) is 25.8. The largest absolute Gasteiger partial charge is 0.715 e. The van der Waals surface area contributed by atoms with E-state index < -0.39 is 28.3 Å². The zero-order chi connectivity index (χ0) is 26.0. The predicted octanol–water partition coefficient (Wildman–Crippen LogP) is 6.27. The molecule has 4 rings (SSSR count). The fourth-order valence-electron chi connectivity index (χ4n) is 3.52. The quantitative estimate of drug-likeness (QED) is 0.137. The summed E-state index contributed by atoms with van der Waals surface area (Å²) in [5.41, 5.74) is 9.96. The third kappa shape index (κ3) is 5.43. The normalized spacial score (nSPS) is 10.8. The van der Waals surface area contributed by atoms with Crippen LogP contribution in [0.1, 0.15) is 0 Å². The number of nitro benzene ring substituents is 2. The molecular formula is C24H19N7O4P-. The van der Waals surface area contributed by atoms with Crippen molar-refractivity contribution in [1.82, 2.24) is 0 Å². The second kappa shape index (κ2) is 12.0. The van der Waals surface area contributed by atoms with Crippen LogP contribution in [0.4, 0.5) is 17.1 Å². The Balaban J connectivity index is 0.00000176. The van der Waals surface area contributed by atoms with Crippen molar-refractivity contribution in [2.45, 2.75) is 0 Å². The van der Waals surface area contributed by atoms with Crippen LogP contribution < -0.4 is 15.9 Å². The summed E-state index contributed by atoms with van der Waals surface area (Å²) in [7, 11) is -2.67. The summed E-state index contributed by atoms with van der Waals surface area (Å²) in [5, 5.41) is 33.4. The Morgan fingerprint density at radius 1 is 0.667 bits per heavy atom. The minimum atomic E-state index is -2.67. The van der Waals surface area contributed by atoms with Crippen LogP contribution in [-0.2, 0) is 0 Å². The molecule has 0 aromatic heterocycles. The van der Waals surface area contributed by atoms with Crippen LogP contribution in [0.5, 0.6) is 0 Å². The number of non-ortho nitro benzene ring substituents is 1. The molecule has 0 radical (unpaired) electrons. The molecule has 0 atom stereocenters. The molecule has 1 N–H and O–H groups in total. The van der Waals surface area contributed by atoms with E-state index in [1.165, 1.54) is 6.07 Å². The Labute approximate surface area is 205 Å². The van der Waals surface area contributed by atoms with Gasteiger partial charge >= 0.3 is 5.69 Å². The van der Waals surface area contributed by atoms with E-state index in [-0.39, 0.29) is 5.69 Å². The SMILES string of the molecule is O=[N+]([O-])c1ccc(N=NN=P(c2ccccc2)(c2ccccc2)c2ccccc2)c([N+](=O)[O-])c1.[N-]=N. The molecule has 0 saturated carbocycles. The van der Waals surface area contributed by atoms with Crippen LogP contribution in [0, 0.1) is 25.8 Å². The van der Waals surface area contributed by atoms with E-state index >= 15 is 0 Å². The fourth-order valence-corrected chi connectivity index (χ4v) is 6.69. The fraction of sp³-hybridized carbons (Fsp3) is 0. The molecule has 0 aliphatic heterocycles. The first-order valence-corrected chi connectivity index (χ1v) is 12.1. The number of rotatable bonds is 7. The standard InChI is InChI=1S/C24H18N5O4P.HN2/c30-28(31)19-16-17-23(24(18-19)29(32)33)25-26-27-34(20-10-4-1-5-11-20,21-12-6-2-7-13-21)22-14-8-3-9-15-22;1-2/h1-18H;1H/q;-1. The molecule has 0 bridgehead atoms. The number of nitrogens with zero attached hydrogens (tertiary/aromatic N) is 6. The summed E-state index contributed by atoms with van der Waals surface area (Å²) >= 11 is 0. The van der Waals surface area contributed by atoms with E-state index in [0.29, 0.717) is 0 Å². The highest BCUT2D eigenvalue weighted by Gasteiger charge is 2.28. The molecule has 12 heteroatoms. The van der Waals surface area contributed by atoms with Crippen LogP contribution in [0.2, 0.25) is 0 Å². The number of hydrogen-bond acceptors (Lipinski definition) is 6. The lowest BCUT2D eigenvalue weighted by Crippen LogP contribution is -2.25. The molecule has 0 saturated heterocycles. The molecule has 180 valence electrons. The third-order valence-corrected chi connectivity index (χ3v) is 8.57. The van der Waals surface area contributed by atoms with Crippen LogP contribution in [-0.4, -0.2) is 9.85 Å². The number of nitrogens with one attached hydrogen (secondary N) is 1. The van der Waals surface area contributed by atoms with Gasteiger partial charge in [0.05, 0.1) is 23.0 Å². The average Bonchev–Trinajstić information content (AvgIpc) is 2.93. The highest BCUT2D eigenvalue weighted by molar-refractivity contribution is 7.87. The van der Waals surface area contributed by atoms with E-state index in [1.807, 2.05) is 91.0 Å². The third-order valence-electron chi connectivity index (χ3n) is 5.08. The van der Waals surface area contributed by atoms with Crippen molar-refractivity contribution < 1.29 is 9.85 Å². The van der Waals surface area contributed by atoms with Gasteiger partial charge in [-0.3, -0.25) is 20.2 Å². The summed E-state index contributed by atoms with van der Waals surface area (Å²) in [6.07, 6.45) is 0. The van der Waals surface area contributed by atoms with E-state index in [0.717, 1.165) is 28.0 Å². The zero-order valence-corrected chi connectivity index (χ0v) is 19.6. The Kier molecular flexibility index (Phi) is 8.58. The maximum Gasteiger partial charge on any atom is 0.303 e. The molecule has 0 spiro atoms. The highest BCUT2D eigenvalue weighted by atomic mass is 31.2. The monoisotopic (exact) mass is 500 g/mol. The van der Waals surface area contributed by atoms with Crippen molar-refractivity contribution in [2.24, 2.45) is 15.2 Å². The van der Waals surface area contributed by atoms with E-state index in [2.05, 4.69) is 10.3 Å². The van der Waals surface area contributed by atoms with Crippen molar-refractivity contribution in [1.29, 1.82) is 5.53 Å². The van der Waals surface area contributed by atoms with Crippen molar-refractivity contribution in [3.63, 3.8) is 0 Å². The van der Waals surface area contributed by atoms with Gasteiger partial charge in [-0.15, -0.1) is 9.97 Å². The van der Waals surface area contributed by atoms with Crippen molar-refractivity contribution in [2.75, 3.05) is 0 Å². The molecule has 0 unspecified atom stereocenters. The lowest BCUT2D eigenvalue weighted by Gasteiger charge is -2.24. The minimum Gasteiger partial charge on any atom is -0.715 e. The van der Waals surface area contributed by atoms with Crippen LogP contribution in [0.3, 0.4) is 0 Å². The lowest BCUT2D eigenvalue weighted by molar-refractivity contribution is -0.393.